The molecular formula is C24H37N3O2. The number of rotatable bonds is 5. The van der Waals surface area contributed by atoms with E-state index in [1.807, 2.05) is 18.2 Å². The Kier molecular flexibility index (Phi) is 6.86. The average Bonchev–Trinajstić information content (AvgIpc) is 2.78. The number of carbonyl (C=O) groups excluding carboxylic acids is 1. The highest BCUT2D eigenvalue weighted by atomic mass is 16.3. The fourth-order valence-electron chi connectivity index (χ4n) is 5.67. The second-order valence-corrected chi connectivity index (χ2v) is 9.41. The molecule has 29 heavy (non-hydrogen) atoms. The second kappa shape index (κ2) is 9.57. The number of pyridine rings is 1. The highest BCUT2D eigenvalue weighted by Gasteiger charge is 2.37. The Hall–Kier alpha value is -1.46. The van der Waals surface area contributed by atoms with Gasteiger partial charge in [-0.2, -0.15) is 0 Å². The van der Waals surface area contributed by atoms with E-state index in [9.17, 15) is 9.90 Å². The molecule has 1 aromatic heterocycles. The first-order valence-electron chi connectivity index (χ1n) is 11.8. The zero-order valence-electron chi connectivity index (χ0n) is 17.8. The van der Waals surface area contributed by atoms with Gasteiger partial charge in [-0.1, -0.05) is 44.6 Å². The van der Waals surface area contributed by atoms with E-state index in [1.165, 1.54) is 64.2 Å². The number of carbonyl (C=O) groups is 1. The van der Waals surface area contributed by atoms with E-state index >= 15 is 0 Å². The molecule has 0 bridgehead atoms. The van der Waals surface area contributed by atoms with E-state index in [4.69, 9.17) is 0 Å². The molecule has 2 aliphatic carbocycles. The first-order chi connectivity index (χ1) is 14.2. The summed E-state index contributed by atoms with van der Waals surface area (Å²) in [6.07, 6.45) is 15.5. The van der Waals surface area contributed by atoms with Crippen molar-refractivity contribution in [2.75, 3.05) is 19.6 Å². The SMILES string of the molecule is O=C(CN1CCC(O)(c2ccccn2)CC1)N(C1CCCCC1)C1CCCCC1. The molecule has 1 amide bonds. The number of nitrogens with zero attached hydrogens (tertiary/aromatic N) is 3. The number of aromatic nitrogens is 1. The predicted molar refractivity (Wildman–Crippen MR) is 114 cm³/mol. The van der Waals surface area contributed by atoms with Gasteiger partial charge in [-0.15, -0.1) is 0 Å². The molecule has 5 heteroatoms. The molecule has 1 saturated heterocycles. The van der Waals surface area contributed by atoms with Gasteiger partial charge in [-0.25, -0.2) is 0 Å². The van der Waals surface area contributed by atoms with E-state index in [-0.39, 0.29) is 0 Å². The van der Waals surface area contributed by atoms with Crippen LogP contribution in [-0.2, 0) is 10.4 Å². The lowest BCUT2D eigenvalue weighted by molar-refractivity contribution is -0.140. The third-order valence-electron chi connectivity index (χ3n) is 7.41. The number of likely N-dealkylation sites (tertiary alicyclic amines) is 1. The molecule has 0 radical (unpaired) electrons. The molecule has 1 aromatic rings. The Morgan fingerprint density at radius 2 is 1.59 bits per heavy atom. The van der Waals surface area contributed by atoms with Gasteiger partial charge >= 0.3 is 0 Å². The summed E-state index contributed by atoms with van der Waals surface area (Å²) >= 11 is 0. The van der Waals surface area contributed by atoms with Gasteiger partial charge in [0.1, 0.15) is 5.60 Å². The Morgan fingerprint density at radius 3 is 2.10 bits per heavy atom. The van der Waals surface area contributed by atoms with Crippen molar-refractivity contribution in [3.63, 3.8) is 0 Å². The maximum atomic E-state index is 13.5. The topological polar surface area (TPSA) is 56.7 Å². The third kappa shape index (κ3) is 5.00. The van der Waals surface area contributed by atoms with Crippen molar-refractivity contribution in [1.29, 1.82) is 0 Å². The molecule has 1 aliphatic heterocycles. The van der Waals surface area contributed by atoms with Crippen LogP contribution in [0.2, 0.25) is 0 Å². The minimum absolute atomic E-state index is 0.326. The first-order valence-corrected chi connectivity index (χ1v) is 11.8. The molecule has 0 aromatic carbocycles. The highest BCUT2D eigenvalue weighted by molar-refractivity contribution is 5.79. The molecule has 0 atom stereocenters. The van der Waals surface area contributed by atoms with Crippen LogP contribution < -0.4 is 0 Å². The molecule has 1 N–H and O–H groups in total. The number of piperidine rings is 1. The largest absolute Gasteiger partial charge is 0.383 e. The summed E-state index contributed by atoms with van der Waals surface area (Å²) in [5.41, 5.74) is -0.0928. The summed E-state index contributed by atoms with van der Waals surface area (Å²) in [4.78, 5) is 22.4. The van der Waals surface area contributed by atoms with Crippen molar-refractivity contribution in [2.24, 2.45) is 0 Å². The maximum absolute atomic E-state index is 13.5. The minimum atomic E-state index is -0.854. The quantitative estimate of drug-likeness (QED) is 0.817. The Morgan fingerprint density at radius 1 is 1.00 bits per heavy atom. The van der Waals surface area contributed by atoms with Crippen LogP contribution in [0.15, 0.2) is 24.4 Å². The van der Waals surface area contributed by atoms with Crippen molar-refractivity contribution in [2.45, 2.75) is 94.7 Å². The molecule has 3 aliphatic rings. The molecule has 0 unspecified atom stereocenters. The number of amides is 1. The zero-order valence-corrected chi connectivity index (χ0v) is 17.8. The Bertz CT molecular complexity index is 627. The Labute approximate surface area is 175 Å². The van der Waals surface area contributed by atoms with Crippen LogP contribution in [0.25, 0.3) is 0 Å². The lowest BCUT2D eigenvalue weighted by Gasteiger charge is -2.43. The van der Waals surface area contributed by atoms with Crippen LogP contribution in [0.5, 0.6) is 0 Å². The van der Waals surface area contributed by atoms with Crippen molar-refractivity contribution in [1.82, 2.24) is 14.8 Å². The van der Waals surface area contributed by atoms with Crippen molar-refractivity contribution >= 4 is 5.91 Å². The van der Waals surface area contributed by atoms with Gasteiger partial charge in [0.25, 0.3) is 0 Å². The third-order valence-corrected chi connectivity index (χ3v) is 7.41. The van der Waals surface area contributed by atoms with Gasteiger partial charge in [0.05, 0.1) is 12.2 Å². The van der Waals surface area contributed by atoms with E-state index in [1.54, 1.807) is 6.20 Å². The highest BCUT2D eigenvalue weighted by Crippen LogP contribution is 2.33. The van der Waals surface area contributed by atoms with E-state index in [0.29, 0.717) is 37.4 Å². The van der Waals surface area contributed by atoms with E-state index in [2.05, 4.69) is 14.8 Å². The molecule has 160 valence electrons. The van der Waals surface area contributed by atoms with E-state index < -0.39 is 5.60 Å². The molecule has 2 heterocycles. The van der Waals surface area contributed by atoms with Gasteiger partial charge in [0, 0.05) is 31.4 Å². The second-order valence-electron chi connectivity index (χ2n) is 9.41. The van der Waals surface area contributed by atoms with Crippen LogP contribution in [0.3, 0.4) is 0 Å². The maximum Gasteiger partial charge on any atom is 0.237 e. The normalized spacial score (nSPS) is 24.3. The lowest BCUT2D eigenvalue weighted by Crippen LogP contribution is -2.53. The predicted octanol–water partition coefficient (Wildman–Crippen LogP) is 3.86. The minimum Gasteiger partial charge on any atom is -0.383 e. The fraction of sp³-hybridized carbons (Fsp3) is 0.750. The van der Waals surface area contributed by atoms with Gasteiger partial charge in [-0.05, 0) is 50.7 Å². The van der Waals surface area contributed by atoms with Crippen LogP contribution in [0.1, 0.15) is 82.7 Å². The number of aliphatic hydroxyl groups is 1. The van der Waals surface area contributed by atoms with Crippen molar-refractivity contribution in [3.8, 4) is 0 Å². The van der Waals surface area contributed by atoms with E-state index in [0.717, 1.165) is 18.8 Å². The van der Waals surface area contributed by atoms with Gasteiger partial charge < -0.3 is 10.0 Å². The summed E-state index contributed by atoms with van der Waals surface area (Å²) < 4.78 is 0. The molecule has 3 fully saturated rings. The zero-order chi connectivity index (χ0) is 20.1. The summed E-state index contributed by atoms with van der Waals surface area (Å²) in [6, 6.07) is 6.63. The smallest absolute Gasteiger partial charge is 0.237 e. The number of hydrogen-bond donors (Lipinski definition) is 1. The molecule has 0 spiro atoms. The standard InChI is InChI=1S/C24H37N3O2/c28-23(27(20-9-3-1-4-10-20)21-11-5-2-6-12-21)19-26-17-14-24(29,15-18-26)22-13-7-8-16-25-22/h7-8,13,16,20-21,29H,1-6,9-12,14-15,17-19H2. The van der Waals surface area contributed by atoms with Gasteiger partial charge in [0.2, 0.25) is 5.91 Å². The van der Waals surface area contributed by atoms with Crippen molar-refractivity contribution in [3.05, 3.63) is 30.1 Å². The van der Waals surface area contributed by atoms with Gasteiger partial charge in [-0.3, -0.25) is 14.7 Å². The van der Waals surface area contributed by atoms with Crippen LogP contribution >= 0.6 is 0 Å². The van der Waals surface area contributed by atoms with Crippen LogP contribution in [0.4, 0.5) is 0 Å². The lowest BCUT2D eigenvalue weighted by atomic mass is 9.87. The Balaban J connectivity index is 1.37. The summed E-state index contributed by atoms with van der Waals surface area (Å²) in [7, 11) is 0. The van der Waals surface area contributed by atoms with Crippen molar-refractivity contribution < 1.29 is 9.90 Å². The average molecular weight is 400 g/mol. The number of hydrogen-bond acceptors (Lipinski definition) is 4. The molecule has 2 saturated carbocycles. The molecule has 4 rings (SSSR count). The first kappa shape index (κ1) is 20.8. The van der Waals surface area contributed by atoms with Crippen LogP contribution in [0, 0.1) is 0 Å². The monoisotopic (exact) mass is 399 g/mol. The fourth-order valence-corrected chi connectivity index (χ4v) is 5.67. The summed E-state index contributed by atoms with van der Waals surface area (Å²) in [5.74, 6) is 0.326. The van der Waals surface area contributed by atoms with Crippen LogP contribution in [-0.4, -0.2) is 57.5 Å². The molecular weight excluding hydrogens is 362 g/mol. The van der Waals surface area contributed by atoms with Gasteiger partial charge in [0.15, 0.2) is 0 Å². The summed E-state index contributed by atoms with van der Waals surface area (Å²) in [6.45, 7) is 2.01. The molecule has 5 nitrogen and oxygen atoms in total. The summed E-state index contributed by atoms with van der Waals surface area (Å²) in [5, 5.41) is 11.0.